The van der Waals surface area contributed by atoms with E-state index in [0.717, 1.165) is 21.5 Å². The number of halogens is 1. The van der Waals surface area contributed by atoms with Crippen molar-refractivity contribution in [2.45, 2.75) is 33.4 Å². The monoisotopic (exact) mass is 406 g/mol. The van der Waals surface area contributed by atoms with E-state index in [1.54, 1.807) is 19.9 Å². The van der Waals surface area contributed by atoms with Gasteiger partial charge >= 0.3 is 11.9 Å². The zero-order chi connectivity index (χ0) is 19.6. The molecule has 0 amide bonds. The van der Waals surface area contributed by atoms with Crippen LogP contribution in [0.15, 0.2) is 30.3 Å². The Morgan fingerprint density at radius 3 is 2.74 bits per heavy atom. The summed E-state index contributed by atoms with van der Waals surface area (Å²) in [5.41, 5.74) is 1.75. The molecule has 0 saturated carbocycles. The van der Waals surface area contributed by atoms with Gasteiger partial charge in [0, 0.05) is 10.4 Å². The zero-order valence-electron chi connectivity index (χ0n) is 15.2. The highest BCUT2D eigenvalue weighted by atomic mass is 35.5. The topological polar surface area (TPSA) is 70.4 Å². The van der Waals surface area contributed by atoms with Crippen LogP contribution in [-0.4, -0.2) is 34.4 Å². The minimum absolute atomic E-state index is 0.251. The molecule has 2 heterocycles. The third kappa shape index (κ3) is 4.48. The van der Waals surface area contributed by atoms with Gasteiger partial charge in [-0.15, -0.1) is 11.3 Å². The summed E-state index contributed by atoms with van der Waals surface area (Å²) >= 11 is 7.51. The van der Waals surface area contributed by atoms with Crippen LogP contribution in [0.5, 0.6) is 0 Å². The fraction of sp³-hybridized carbons (Fsp3) is 0.316. The molecule has 8 heteroatoms. The van der Waals surface area contributed by atoms with Crippen molar-refractivity contribution in [3.63, 3.8) is 0 Å². The quantitative estimate of drug-likeness (QED) is 0.573. The molecular weight excluding hydrogens is 388 g/mol. The summed E-state index contributed by atoms with van der Waals surface area (Å²) in [6.45, 7) is 5.45. The third-order valence-corrected chi connectivity index (χ3v) is 5.27. The van der Waals surface area contributed by atoms with Gasteiger partial charge in [-0.25, -0.2) is 9.59 Å². The summed E-state index contributed by atoms with van der Waals surface area (Å²) in [5.74, 6) is -1.12. The minimum atomic E-state index is -0.569. The molecule has 3 aromatic rings. The lowest BCUT2D eigenvalue weighted by Gasteiger charge is -2.07. The molecule has 0 aliphatic heterocycles. The van der Waals surface area contributed by atoms with Gasteiger partial charge in [-0.3, -0.25) is 4.68 Å². The van der Waals surface area contributed by atoms with Gasteiger partial charge in [0.15, 0.2) is 6.61 Å². The number of carbonyl (C=O) groups is 2. The third-order valence-electron chi connectivity index (χ3n) is 3.77. The SMILES string of the molecule is Cc1nn(Cc2ccccc2Cl)c2sc(C(=O)OCC(=O)OC(C)C)cc12. The molecule has 0 aliphatic carbocycles. The van der Waals surface area contributed by atoms with Gasteiger partial charge in [0.2, 0.25) is 0 Å². The van der Waals surface area contributed by atoms with Crippen LogP contribution in [0.2, 0.25) is 5.02 Å². The van der Waals surface area contributed by atoms with Gasteiger partial charge in [-0.05, 0) is 38.5 Å². The van der Waals surface area contributed by atoms with Crippen LogP contribution in [0.25, 0.3) is 10.2 Å². The number of fused-ring (bicyclic) bond motifs is 1. The van der Waals surface area contributed by atoms with Crippen LogP contribution >= 0.6 is 22.9 Å². The van der Waals surface area contributed by atoms with Crippen molar-refractivity contribution in [2.75, 3.05) is 6.61 Å². The number of hydrogen-bond acceptors (Lipinski definition) is 6. The zero-order valence-corrected chi connectivity index (χ0v) is 16.8. The Morgan fingerprint density at radius 1 is 1.30 bits per heavy atom. The molecule has 27 heavy (non-hydrogen) atoms. The summed E-state index contributed by atoms with van der Waals surface area (Å²) in [4.78, 5) is 25.1. The highest BCUT2D eigenvalue weighted by Gasteiger charge is 2.19. The van der Waals surface area contributed by atoms with Crippen molar-refractivity contribution in [2.24, 2.45) is 0 Å². The number of carbonyl (C=O) groups excluding carboxylic acids is 2. The number of esters is 2. The van der Waals surface area contributed by atoms with Gasteiger partial charge in [0.05, 0.1) is 18.3 Å². The molecular formula is C19H19ClN2O4S. The number of ether oxygens (including phenoxy) is 2. The number of benzene rings is 1. The minimum Gasteiger partial charge on any atom is -0.460 e. The predicted octanol–water partition coefficient (Wildman–Crippen LogP) is 4.22. The van der Waals surface area contributed by atoms with Gasteiger partial charge in [0.1, 0.15) is 9.71 Å². The summed E-state index contributed by atoms with van der Waals surface area (Å²) in [6.07, 6.45) is -0.251. The lowest BCUT2D eigenvalue weighted by molar-refractivity contribution is -0.150. The maximum Gasteiger partial charge on any atom is 0.348 e. The van der Waals surface area contributed by atoms with Crippen molar-refractivity contribution in [3.05, 3.63) is 51.5 Å². The maximum atomic E-state index is 12.3. The number of thiophene rings is 1. The van der Waals surface area contributed by atoms with Crippen molar-refractivity contribution >= 4 is 45.1 Å². The Bertz CT molecular complexity index is 993. The van der Waals surface area contributed by atoms with Gasteiger partial charge in [0.25, 0.3) is 0 Å². The second-order valence-corrected chi connectivity index (χ2v) is 7.72. The number of aromatic nitrogens is 2. The standard InChI is InChI=1S/C19H19ClN2O4S/c1-11(2)26-17(23)10-25-19(24)16-8-14-12(3)21-22(18(14)27-16)9-13-6-4-5-7-15(13)20/h4-8,11H,9-10H2,1-3H3. The van der Waals surface area contributed by atoms with Crippen LogP contribution in [-0.2, 0) is 20.8 Å². The van der Waals surface area contributed by atoms with E-state index >= 15 is 0 Å². The summed E-state index contributed by atoms with van der Waals surface area (Å²) in [7, 11) is 0. The van der Waals surface area contributed by atoms with Crippen LogP contribution in [0, 0.1) is 6.92 Å². The largest absolute Gasteiger partial charge is 0.460 e. The highest BCUT2D eigenvalue weighted by Crippen LogP contribution is 2.30. The van der Waals surface area contributed by atoms with E-state index in [2.05, 4.69) is 5.10 Å². The first-order valence-corrected chi connectivity index (χ1v) is 9.61. The lowest BCUT2D eigenvalue weighted by Crippen LogP contribution is -2.19. The summed E-state index contributed by atoms with van der Waals surface area (Å²) in [6, 6.07) is 9.30. The Balaban J connectivity index is 1.78. The molecule has 6 nitrogen and oxygen atoms in total. The molecule has 0 unspecified atom stereocenters. The van der Waals surface area contributed by atoms with Gasteiger partial charge in [-0.2, -0.15) is 5.10 Å². The van der Waals surface area contributed by atoms with E-state index in [1.807, 2.05) is 35.9 Å². The average Bonchev–Trinajstić information content (AvgIpc) is 3.16. The van der Waals surface area contributed by atoms with Crippen LogP contribution in [0.1, 0.15) is 34.8 Å². The molecule has 0 atom stereocenters. The molecule has 0 radical (unpaired) electrons. The van der Waals surface area contributed by atoms with Crippen molar-refractivity contribution in [3.8, 4) is 0 Å². The highest BCUT2D eigenvalue weighted by molar-refractivity contribution is 7.20. The first-order chi connectivity index (χ1) is 12.8. The Morgan fingerprint density at radius 2 is 2.04 bits per heavy atom. The smallest absolute Gasteiger partial charge is 0.348 e. The van der Waals surface area contributed by atoms with E-state index in [0.29, 0.717) is 16.4 Å². The number of hydrogen-bond donors (Lipinski definition) is 0. The average molecular weight is 407 g/mol. The van der Waals surface area contributed by atoms with Crippen molar-refractivity contribution < 1.29 is 19.1 Å². The van der Waals surface area contributed by atoms with E-state index in [4.69, 9.17) is 21.1 Å². The predicted molar refractivity (Wildman–Crippen MR) is 104 cm³/mol. The maximum absolute atomic E-state index is 12.3. The Kier molecular flexibility index (Phi) is 5.82. The van der Waals surface area contributed by atoms with Crippen LogP contribution in [0.3, 0.4) is 0 Å². The Labute approximate surface area is 165 Å². The fourth-order valence-corrected chi connectivity index (χ4v) is 3.85. The molecule has 1 aromatic carbocycles. The molecule has 0 fully saturated rings. The van der Waals surface area contributed by atoms with E-state index in [9.17, 15) is 9.59 Å². The molecule has 0 bridgehead atoms. The number of nitrogens with zero attached hydrogens (tertiary/aromatic N) is 2. The second kappa shape index (κ2) is 8.10. The normalized spacial score (nSPS) is 11.1. The summed E-state index contributed by atoms with van der Waals surface area (Å²) in [5, 5.41) is 6.08. The van der Waals surface area contributed by atoms with Crippen molar-refractivity contribution in [1.29, 1.82) is 0 Å². The first-order valence-electron chi connectivity index (χ1n) is 8.42. The van der Waals surface area contributed by atoms with E-state index in [1.165, 1.54) is 11.3 Å². The molecule has 0 saturated heterocycles. The van der Waals surface area contributed by atoms with Gasteiger partial charge < -0.3 is 9.47 Å². The second-order valence-electron chi connectivity index (χ2n) is 6.28. The van der Waals surface area contributed by atoms with E-state index < -0.39 is 18.5 Å². The Hall–Kier alpha value is -2.38. The van der Waals surface area contributed by atoms with Crippen LogP contribution in [0.4, 0.5) is 0 Å². The van der Waals surface area contributed by atoms with Gasteiger partial charge in [-0.1, -0.05) is 29.8 Å². The van der Waals surface area contributed by atoms with Crippen molar-refractivity contribution in [1.82, 2.24) is 9.78 Å². The molecule has 3 rings (SSSR count). The first kappa shape index (κ1) is 19.4. The number of rotatable bonds is 6. The molecule has 0 N–H and O–H groups in total. The van der Waals surface area contributed by atoms with E-state index in [-0.39, 0.29) is 6.10 Å². The molecule has 0 aliphatic rings. The molecule has 142 valence electrons. The van der Waals surface area contributed by atoms with Crippen LogP contribution < -0.4 is 0 Å². The number of aryl methyl sites for hydroxylation is 1. The lowest BCUT2D eigenvalue weighted by atomic mass is 10.2. The molecule has 0 spiro atoms. The fourth-order valence-electron chi connectivity index (χ4n) is 2.60. The summed E-state index contributed by atoms with van der Waals surface area (Å²) < 4.78 is 11.8. The molecule has 2 aromatic heterocycles.